The minimum Gasteiger partial charge on any atom is -0.115 e. The van der Waals surface area contributed by atoms with Crippen LogP contribution < -0.4 is 0 Å². The molecule has 0 spiro atoms. The van der Waals surface area contributed by atoms with E-state index >= 15 is 0 Å². The second-order valence-corrected chi connectivity index (χ2v) is 12.5. The third-order valence-electron chi connectivity index (χ3n) is 8.67. The summed E-state index contributed by atoms with van der Waals surface area (Å²) in [4.78, 5) is 0. The van der Waals surface area contributed by atoms with Crippen molar-refractivity contribution in [3.8, 4) is 24.7 Å². The van der Waals surface area contributed by atoms with E-state index in [0.717, 1.165) is 11.1 Å². The standard InChI is InChI=1S/C34H34/c1-11-23-24(12-2)28-18-22(32(6,7)8)20-30-26-16-14-13-15-25(26)29-19-21(31(3,4)5)17-27(23)33(29,9)34(28,30)10/h1-2,13-20H,3-10H3/t33-,34?/m1/s1. The monoisotopic (exact) mass is 442 g/mol. The number of benzene rings is 1. The first-order valence-corrected chi connectivity index (χ1v) is 12.2. The van der Waals surface area contributed by atoms with E-state index in [1.807, 2.05) is 0 Å². The van der Waals surface area contributed by atoms with Crippen LogP contribution in [0, 0.1) is 46.3 Å². The van der Waals surface area contributed by atoms with E-state index in [0.29, 0.717) is 0 Å². The summed E-state index contributed by atoms with van der Waals surface area (Å²) in [5.41, 5.74) is 11.3. The second kappa shape index (κ2) is 6.68. The van der Waals surface area contributed by atoms with E-state index in [1.165, 1.54) is 44.6 Å². The zero-order chi connectivity index (χ0) is 24.8. The van der Waals surface area contributed by atoms with Crippen molar-refractivity contribution in [2.75, 3.05) is 0 Å². The molecule has 5 rings (SSSR count). The molecule has 2 atom stereocenters. The zero-order valence-corrected chi connectivity index (χ0v) is 21.8. The first-order chi connectivity index (χ1) is 15.8. The Labute approximate surface area is 205 Å². The number of rotatable bonds is 0. The predicted octanol–water partition coefficient (Wildman–Crippen LogP) is 8.33. The molecule has 0 nitrogen and oxygen atoms in total. The van der Waals surface area contributed by atoms with Gasteiger partial charge in [-0.3, -0.25) is 0 Å². The molecule has 0 amide bonds. The molecule has 1 aromatic carbocycles. The number of fused-ring (bicyclic) bond motifs is 3. The van der Waals surface area contributed by atoms with Gasteiger partial charge in [0.2, 0.25) is 0 Å². The fourth-order valence-electron chi connectivity index (χ4n) is 6.38. The Hall–Kier alpha value is -3.22. The summed E-state index contributed by atoms with van der Waals surface area (Å²) in [6, 6.07) is 8.87. The van der Waals surface area contributed by atoms with E-state index < -0.39 is 0 Å². The van der Waals surface area contributed by atoms with Crippen LogP contribution in [-0.4, -0.2) is 0 Å². The lowest BCUT2D eigenvalue weighted by Gasteiger charge is -2.60. The lowest BCUT2D eigenvalue weighted by atomic mass is 9.42. The smallest absolute Gasteiger partial charge is 0.0443 e. The average Bonchev–Trinajstić information content (AvgIpc) is 2.76. The molecule has 1 unspecified atom stereocenters. The van der Waals surface area contributed by atoms with Crippen molar-refractivity contribution in [3.05, 3.63) is 93.1 Å². The second-order valence-electron chi connectivity index (χ2n) is 12.5. The first kappa shape index (κ1) is 22.6. The van der Waals surface area contributed by atoms with Crippen LogP contribution >= 0.6 is 0 Å². The molecular formula is C34H34. The molecule has 170 valence electrons. The summed E-state index contributed by atoms with van der Waals surface area (Å²) in [6.45, 7) is 18.4. The highest BCUT2D eigenvalue weighted by atomic mass is 14.6. The van der Waals surface area contributed by atoms with Gasteiger partial charge in [-0.1, -0.05) is 116 Å². The number of allylic oxidation sites excluding steroid dienone is 12. The summed E-state index contributed by atoms with van der Waals surface area (Å²) in [5, 5.41) is 0. The van der Waals surface area contributed by atoms with Gasteiger partial charge in [0.15, 0.2) is 0 Å². The van der Waals surface area contributed by atoms with Crippen molar-refractivity contribution < 1.29 is 0 Å². The highest BCUT2D eigenvalue weighted by Gasteiger charge is 2.61. The van der Waals surface area contributed by atoms with Gasteiger partial charge in [0.1, 0.15) is 0 Å². The van der Waals surface area contributed by atoms with Crippen molar-refractivity contribution in [2.45, 2.75) is 55.4 Å². The van der Waals surface area contributed by atoms with Gasteiger partial charge in [-0.2, -0.15) is 0 Å². The molecule has 1 aromatic rings. The molecule has 0 radical (unpaired) electrons. The van der Waals surface area contributed by atoms with Crippen molar-refractivity contribution in [2.24, 2.45) is 21.7 Å². The summed E-state index contributed by atoms with van der Waals surface area (Å²) in [6.07, 6.45) is 22.0. The highest BCUT2D eigenvalue weighted by Crippen LogP contribution is 2.72. The Morgan fingerprint density at radius 2 is 0.971 bits per heavy atom. The normalized spacial score (nSPS) is 27.5. The maximum atomic E-state index is 6.25. The Kier molecular flexibility index (Phi) is 4.43. The van der Waals surface area contributed by atoms with Crippen LogP contribution in [0.2, 0.25) is 0 Å². The summed E-state index contributed by atoms with van der Waals surface area (Å²) < 4.78 is 0. The van der Waals surface area contributed by atoms with Crippen LogP contribution in [0.5, 0.6) is 0 Å². The molecule has 4 aliphatic rings. The summed E-state index contributed by atoms with van der Waals surface area (Å²) in [5.74, 6) is 6.09. The van der Waals surface area contributed by atoms with Crippen LogP contribution in [0.3, 0.4) is 0 Å². The van der Waals surface area contributed by atoms with Gasteiger partial charge in [-0.25, -0.2) is 0 Å². The molecule has 0 heteroatoms. The summed E-state index contributed by atoms with van der Waals surface area (Å²) in [7, 11) is 0. The minimum atomic E-state index is -0.320. The van der Waals surface area contributed by atoms with Gasteiger partial charge in [0.25, 0.3) is 0 Å². The lowest BCUT2D eigenvalue weighted by Crippen LogP contribution is -2.50. The van der Waals surface area contributed by atoms with Gasteiger partial charge in [-0.05, 0) is 55.4 Å². The molecular weight excluding hydrogens is 408 g/mol. The van der Waals surface area contributed by atoms with E-state index in [9.17, 15) is 0 Å². The van der Waals surface area contributed by atoms with E-state index in [1.54, 1.807) is 0 Å². The Bertz CT molecular complexity index is 1320. The van der Waals surface area contributed by atoms with Crippen molar-refractivity contribution >= 4 is 11.1 Å². The van der Waals surface area contributed by atoms with Gasteiger partial charge < -0.3 is 0 Å². The Morgan fingerprint density at radius 3 is 1.26 bits per heavy atom. The molecule has 0 saturated heterocycles. The highest BCUT2D eigenvalue weighted by molar-refractivity contribution is 6.00. The third-order valence-corrected chi connectivity index (χ3v) is 8.67. The third kappa shape index (κ3) is 2.58. The van der Waals surface area contributed by atoms with Crippen molar-refractivity contribution in [1.82, 2.24) is 0 Å². The first-order valence-electron chi connectivity index (χ1n) is 12.2. The van der Waals surface area contributed by atoms with Crippen molar-refractivity contribution in [1.29, 1.82) is 0 Å². The molecule has 0 fully saturated rings. The van der Waals surface area contributed by atoms with Crippen molar-refractivity contribution in [3.63, 3.8) is 0 Å². The number of terminal acetylenes is 2. The van der Waals surface area contributed by atoms with Gasteiger partial charge in [0.05, 0.1) is 0 Å². The minimum absolute atomic E-state index is 0.0147. The molecule has 0 heterocycles. The fourth-order valence-corrected chi connectivity index (χ4v) is 6.38. The van der Waals surface area contributed by atoms with Crippen LogP contribution in [0.25, 0.3) is 11.1 Å². The van der Waals surface area contributed by atoms with Crippen LogP contribution in [-0.2, 0) is 0 Å². The van der Waals surface area contributed by atoms with E-state index in [4.69, 9.17) is 12.8 Å². The Balaban J connectivity index is 2.05. The average molecular weight is 443 g/mol. The number of hydrogen-bond donors (Lipinski definition) is 0. The van der Waals surface area contributed by atoms with E-state index in [2.05, 4.69) is 116 Å². The molecule has 0 bridgehead atoms. The SMILES string of the molecule is C#CC1=C2C=C(C(C)(C)C)C=C3c4ccccc4C4=CC(C(C)(C)C)=CC(=C1C#C)[C@@]4(C)C32C. The topological polar surface area (TPSA) is 0 Å². The summed E-state index contributed by atoms with van der Waals surface area (Å²) >= 11 is 0. The van der Waals surface area contributed by atoms with Crippen LogP contribution in [0.15, 0.2) is 82.0 Å². The maximum absolute atomic E-state index is 6.25. The Morgan fingerprint density at radius 1 is 0.618 bits per heavy atom. The molecule has 0 aromatic heterocycles. The zero-order valence-electron chi connectivity index (χ0n) is 21.8. The molecule has 0 saturated carbocycles. The lowest BCUT2D eigenvalue weighted by molar-refractivity contribution is 0.295. The van der Waals surface area contributed by atoms with Crippen LogP contribution in [0.4, 0.5) is 0 Å². The van der Waals surface area contributed by atoms with Crippen LogP contribution in [0.1, 0.15) is 66.5 Å². The van der Waals surface area contributed by atoms with Gasteiger partial charge in [0, 0.05) is 22.0 Å². The quantitative estimate of drug-likeness (QED) is 0.354. The molecule has 4 aliphatic carbocycles. The number of hydrogen-bond acceptors (Lipinski definition) is 0. The fraction of sp³-hybridized carbons (Fsp3) is 0.353. The largest absolute Gasteiger partial charge is 0.115 e. The maximum Gasteiger partial charge on any atom is 0.0443 e. The van der Waals surface area contributed by atoms with Gasteiger partial charge in [-0.15, -0.1) is 12.8 Å². The van der Waals surface area contributed by atoms with E-state index in [-0.39, 0.29) is 21.7 Å². The predicted molar refractivity (Wildman–Crippen MR) is 145 cm³/mol. The molecule has 0 aliphatic heterocycles. The molecule has 34 heavy (non-hydrogen) atoms. The molecule has 0 N–H and O–H groups in total. The van der Waals surface area contributed by atoms with Gasteiger partial charge >= 0.3 is 0 Å².